The van der Waals surface area contributed by atoms with Crippen LogP contribution in [0.5, 0.6) is 0 Å². The Morgan fingerprint density at radius 1 is 1.33 bits per heavy atom. The van der Waals surface area contributed by atoms with Crippen LogP contribution in [-0.4, -0.2) is 14.5 Å². The highest BCUT2D eigenvalue weighted by molar-refractivity contribution is 7.12. The number of benzene rings is 1. The number of hydrogen-bond acceptors (Lipinski definition) is 5. The molecule has 0 atom stereocenters. The van der Waals surface area contributed by atoms with Crippen LogP contribution in [0.3, 0.4) is 0 Å². The van der Waals surface area contributed by atoms with Crippen molar-refractivity contribution in [2.45, 2.75) is 19.9 Å². The van der Waals surface area contributed by atoms with Crippen LogP contribution in [0, 0.1) is 17.0 Å². The average molecular weight is 339 g/mol. The van der Waals surface area contributed by atoms with Gasteiger partial charge >= 0.3 is 0 Å². The number of fused-ring (bicyclic) bond motifs is 2. The second-order valence-electron chi connectivity index (χ2n) is 5.72. The highest BCUT2D eigenvalue weighted by Gasteiger charge is 2.22. The first kappa shape index (κ1) is 14.8. The maximum absolute atomic E-state index is 12.7. The quantitative estimate of drug-likeness (QED) is 0.528. The molecular weight excluding hydrogens is 326 g/mol. The minimum absolute atomic E-state index is 0.0928. The number of nitrogens with zero attached hydrogens (tertiary/aromatic N) is 3. The van der Waals surface area contributed by atoms with E-state index in [4.69, 9.17) is 0 Å². The molecule has 1 aliphatic rings. The molecule has 1 aromatic carbocycles. The zero-order valence-corrected chi connectivity index (χ0v) is 13.7. The third kappa shape index (κ3) is 2.33. The summed E-state index contributed by atoms with van der Waals surface area (Å²) in [7, 11) is 0. The number of aryl methyl sites for hydroxylation is 1. The normalized spacial score (nSPS) is 15.1. The summed E-state index contributed by atoms with van der Waals surface area (Å²) in [6.45, 7) is 2.61. The summed E-state index contributed by atoms with van der Waals surface area (Å²) >= 11 is 1.70. The van der Waals surface area contributed by atoms with Crippen molar-refractivity contribution in [1.82, 2.24) is 9.55 Å². The third-order valence-corrected chi connectivity index (χ3v) is 5.07. The number of rotatable bonds is 2. The van der Waals surface area contributed by atoms with Gasteiger partial charge in [0.2, 0.25) is 0 Å². The van der Waals surface area contributed by atoms with Crippen molar-refractivity contribution in [2.75, 3.05) is 0 Å². The van der Waals surface area contributed by atoms with Crippen LogP contribution in [-0.2, 0) is 6.54 Å². The fourth-order valence-electron chi connectivity index (χ4n) is 2.96. The molecule has 0 amide bonds. The van der Waals surface area contributed by atoms with Crippen LogP contribution in [0.25, 0.3) is 22.6 Å². The first-order valence-corrected chi connectivity index (χ1v) is 8.31. The highest BCUT2D eigenvalue weighted by atomic mass is 32.1. The topological polar surface area (TPSA) is 78.0 Å². The van der Waals surface area contributed by atoms with Crippen LogP contribution in [0.4, 0.5) is 5.69 Å². The zero-order valence-electron chi connectivity index (χ0n) is 12.9. The number of aromatic nitrogens is 2. The van der Waals surface area contributed by atoms with Gasteiger partial charge in [0.25, 0.3) is 11.2 Å². The molecule has 0 radical (unpaired) electrons. The average Bonchev–Trinajstić information content (AvgIpc) is 3.14. The van der Waals surface area contributed by atoms with Crippen molar-refractivity contribution in [1.29, 1.82) is 0 Å². The minimum atomic E-state index is -0.499. The lowest BCUT2D eigenvalue weighted by Crippen LogP contribution is -2.20. The van der Waals surface area contributed by atoms with Crippen molar-refractivity contribution >= 4 is 39.6 Å². The molecule has 0 saturated heterocycles. The summed E-state index contributed by atoms with van der Waals surface area (Å²) in [5.74, 6) is 0.660. The molecule has 7 heteroatoms. The first-order chi connectivity index (χ1) is 11.5. The van der Waals surface area contributed by atoms with Gasteiger partial charge in [0.15, 0.2) is 0 Å². The van der Waals surface area contributed by atoms with Crippen molar-refractivity contribution in [3.05, 3.63) is 66.4 Å². The van der Waals surface area contributed by atoms with Crippen LogP contribution in [0.2, 0.25) is 0 Å². The standard InChI is InChI=1S/C17H13N3O3S/c1-10-2-4-13(24-10)8-11-6-7-19-16(11)18-15-5-3-12(20(22)23)9-14(15)17(19)21/h2-5,8-9H,6-7H2,1H3/b11-8+. The van der Waals surface area contributed by atoms with Crippen molar-refractivity contribution in [3.63, 3.8) is 0 Å². The molecule has 0 spiro atoms. The Morgan fingerprint density at radius 3 is 2.88 bits per heavy atom. The zero-order chi connectivity index (χ0) is 16.8. The van der Waals surface area contributed by atoms with Crippen LogP contribution < -0.4 is 5.56 Å². The predicted octanol–water partition coefficient (Wildman–Crippen LogP) is 3.62. The molecule has 0 saturated carbocycles. The molecule has 120 valence electrons. The summed E-state index contributed by atoms with van der Waals surface area (Å²) in [5, 5.41) is 11.2. The summed E-state index contributed by atoms with van der Waals surface area (Å²) in [6, 6.07) is 8.35. The third-order valence-electron chi connectivity index (χ3n) is 4.12. The Hall–Kier alpha value is -2.80. The lowest BCUT2D eigenvalue weighted by molar-refractivity contribution is -0.384. The van der Waals surface area contributed by atoms with E-state index in [9.17, 15) is 14.9 Å². The lowest BCUT2D eigenvalue weighted by Gasteiger charge is -2.05. The van der Waals surface area contributed by atoms with E-state index in [0.717, 1.165) is 16.9 Å². The SMILES string of the molecule is Cc1ccc(/C=C2\CCn3c2nc2ccc([N+](=O)[O-])cc2c3=O)s1. The van der Waals surface area contributed by atoms with Gasteiger partial charge in [-0.1, -0.05) is 0 Å². The number of hydrogen-bond donors (Lipinski definition) is 0. The van der Waals surface area contributed by atoms with E-state index in [0.29, 0.717) is 23.3 Å². The smallest absolute Gasteiger partial charge is 0.270 e. The van der Waals surface area contributed by atoms with E-state index in [1.807, 2.05) is 0 Å². The summed E-state index contributed by atoms with van der Waals surface area (Å²) in [4.78, 5) is 30.0. The maximum Gasteiger partial charge on any atom is 0.270 e. The molecule has 0 N–H and O–H groups in total. The minimum Gasteiger partial charge on any atom is -0.292 e. The fourth-order valence-corrected chi connectivity index (χ4v) is 3.80. The highest BCUT2D eigenvalue weighted by Crippen LogP contribution is 2.30. The molecule has 6 nitrogen and oxygen atoms in total. The van der Waals surface area contributed by atoms with Gasteiger partial charge in [0.1, 0.15) is 5.82 Å². The monoisotopic (exact) mass is 339 g/mol. The molecule has 0 fully saturated rings. The molecule has 1 aliphatic heterocycles. The van der Waals surface area contributed by atoms with Gasteiger partial charge in [-0.25, -0.2) is 4.98 Å². The molecule has 4 rings (SSSR count). The fraction of sp³-hybridized carbons (Fsp3) is 0.176. The first-order valence-electron chi connectivity index (χ1n) is 7.49. The van der Waals surface area contributed by atoms with Crippen LogP contribution in [0.15, 0.2) is 35.1 Å². The number of non-ortho nitro benzene ring substituents is 1. The van der Waals surface area contributed by atoms with Gasteiger partial charge in [-0.05, 0) is 43.2 Å². The van der Waals surface area contributed by atoms with Crippen LogP contribution in [0.1, 0.15) is 22.0 Å². The summed E-state index contributed by atoms with van der Waals surface area (Å²) < 4.78 is 1.61. The molecule has 24 heavy (non-hydrogen) atoms. The van der Waals surface area contributed by atoms with E-state index in [1.165, 1.54) is 17.0 Å². The molecule has 0 aliphatic carbocycles. The number of nitro groups is 1. The van der Waals surface area contributed by atoms with Gasteiger partial charge < -0.3 is 0 Å². The number of allylic oxidation sites excluding steroid dienone is 1. The van der Waals surface area contributed by atoms with Crippen molar-refractivity contribution in [2.24, 2.45) is 0 Å². The molecule has 3 heterocycles. The summed E-state index contributed by atoms with van der Waals surface area (Å²) in [5.41, 5.74) is 1.20. The number of thiophene rings is 1. The molecular formula is C17H13N3O3S. The molecule has 2 aromatic heterocycles. The maximum atomic E-state index is 12.7. The van der Waals surface area contributed by atoms with Crippen molar-refractivity contribution < 1.29 is 4.92 Å². The Morgan fingerprint density at radius 2 is 2.17 bits per heavy atom. The largest absolute Gasteiger partial charge is 0.292 e. The Labute approximate surface area is 140 Å². The Balaban J connectivity index is 1.89. The predicted molar refractivity (Wildman–Crippen MR) is 94.2 cm³/mol. The summed E-state index contributed by atoms with van der Waals surface area (Å²) in [6.07, 6.45) is 2.80. The molecule has 0 bridgehead atoms. The van der Waals surface area contributed by atoms with E-state index in [-0.39, 0.29) is 11.2 Å². The second kappa shape index (κ2) is 5.38. The lowest BCUT2D eigenvalue weighted by atomic mass is 10.2. The number of nitro benzene ring substituents is 1. The molecule has 3 aromatic rings. The van der Waals surface area contributed by atoms with E-state index < -0.39 is 4.92 Å². The van der Waals surface area contributed by atoms with Gasteiger partial charge in [0.05, 0.1) is 15.8 Å². The van der Waals surface area contributed by atoms with Crippen molar-refractivity contribution in [3.8, 4) is 0 Å². The van der Waals surface area contributed by atoms with Gasteiger partial charge in [-0.2, -0.15) is 0 Å². The van der Waals surface area contributed by atoms with Gasteiger partial charge in [-0.15, -0.1) is 11.3 Å². The Bertz CT molecular complexity index is 1080. The second-order valence-corrected chi connectivity index (χ2v) is 7.04. The van der Waals surface area contributed by atoms with Gasteiger partial charge in [0, 0.05) is 28.4 Å². The van der Waals surface area contributed by atoms with E-state index >= 15 is 0 Å². The van der Waals surface area contributed by atoms with Gasteiger partial charge in [-0.3, -0.25) is 19.5 Å². The Kier molecular flexibility index (Phi) is 3.31. The van der Waals surface area contributed by atoms with E-state index in [1.54, 1.807) is 22.0 Å². The van der Waals surface area contributed by atoms with Crippen LogP contribution >= 0.6 is 11.3 Å². The molecule has 0 unspecified atom stereocenters. The van der Waals surface area contributed by atoms with E-state index in [2.05, 4.69) is 30.1 Å².